The van der Waals surface area contributed by atoms with Gasteiger partial charge in [0, 0.05) is 12.6 Å². The molecule has 0 aromatic carbocycles. The predicted octanol–water partition coefficient (Wildman–Crippen LogP) is 2.97. The molecule has 3 heteroatoms. The van der Waals surface area contributed by atoms with E-state index in [1.165, 1.54) is 51.4 Å². The Morgan fingerprint density at radius 3 is 2.50 bits per heavy atom. The zero-order valence-corrected chi connectivity index (χ0v) is 11.2. The molecule has 2 N–H and O–H groups in total. The van der Waals surface area contributed by atoms with Crippen LogP contribution in [0.4, 0.5) is 0 Å². The van der Waals surface area contributed by atoms with Crippen LogP contribution in [0.5, 0.6) is 0 Å². The third-order valence-electron chi connectivity index (χ3n) is 4.27. The van der Waals surface area contributed by atoms with Gasteiger partial charge in [-0.15, -0.1) is 0 Å². The van der Waals surface area contributed by atoms with Crippen LogP contribution in [-0.4, -0.2) is 17.7 Å². The summed E-state index contributed by atoms with van der Waals surface area (Å²) in [5, 5.41) is 7.75. The second kappa shape index (κ2) is 5.35. The highest BCUT2D eigenvalue weighted by molar-refractivity contribution is 7.80. The van der Waals surface area contributed by atoms with Gasteiger partial charge in [0.05, 0.1) is 0 Å². The van der Waals surface area contributed by atoms with Gasteiger partial charge in [-0.25, -0.2) is 0 Å². The van der Waals surface area contributed by atoms with Gasteiger partial charge in [-0.05, 0) is 49.7 Å². The molecule has 0 bridgehead atoms. The van der Waals surface area contributed by atoms with Gasteiger partial charge in [-0.2, -0.15) is 0 Å². The fraction of sp³-hybridized carbons (Fsp3) is 0.923. The Bertz CT molecular complexity index is 242. The van der Waals surface area contributed by atoms with E-state index >= 15 is 0 Å². The number of thiocarbonyl (C=S) groups is 1. The lowest BCUT2D eigenvalue weighted by Gasteiger charge is -2.25. The Labute approximate surface area is 105 Å². The van der Waals surface area contributed by atoms with Gasteiger partial charge in [-0.1, -0.05) is 26.2 Å². The van der Waals surface area contributed by atoms with Gasteiger partial charge >= 0.3 is 0 Å². The van der Waals surface area contributed by atoms with Crippen molar-refractivity contribution in [2.45, 2.75) is 64.3 Å². The van der Waals surface area contributed by atoms with Crippen LogP contribution in [0.1, 0.15) is 58.3 Å². The fourth-order valence-corrected chi connectivity index (χ4v) is 2.82. The summed E-state index contributed by atoms with van der Waals surface area (Å²) in [5.74, 6) is 0. The molecule has 2 rings (SSSR count). The molecule has 0 aromatic rings. The Balaban J connectivity index is 1.64. The van der Waals surface area contributed by atoms with E-state index in [0.29, 0.717) is 11.5 Å². The molecule has 92 valence electrons. The minimum absolute atomic E-state index is 0.582. The van der Waals surface area contributed by atoms with E-state index in [9.17, 15) is 0 Å². The van der Waals surface area contributed by atoms with Gasteiger partial charge in [0.2, 0.25) is 0 Å². The van der Waals surface area contributed by atoms with Crippen LogP contribution in [0.25, 0.3) is 0 Å². The molecule has 0 atom stereocenters. The van der Waals surface area contributed by atoms with E-state index in [4.69, 9.17) is 12.2 Å². The van der Waals surface area contributed by atoms with Crippen LogP contribution < -0.4 is 10.6 Å². The molecule has 2 saturated carbocycles. The quantitative estimate of drug-likeness (QED) is 0.739. The molecule has 16 heavy (non-hydrogen) atoms. The molecule has 0 aliphatic heterocycles. The second-order valence-electron chi connectivity index (χ2n) is 5.52. The maximum atomic E-state index is 5.36. The summed E-state index contributed by atoms with van der Waals surface area (Å²) in [4.78, 5) is 0. The Kier molecular flexibility index (Phi) is 4.06. The monoisotopic (exact) mass is 240 g/mol. The molecule has 0 aromatic heterocycles. The molecular formula is C13H24N2S. The lowest BCUT2D eigenvalue weighted by atomic mass is 9.96. The van der Waals surface area contributed by atoms with E-state index in [1.807, 2.05) is 0 Å². The summed E-state index contributed by atoms with van der Waals surface area (Å²) in [7, 11) is 0. The standard InChI is InChI=1S/C13H24N2S/c1-2-13(8-9-13)10-14-12(16)15-11-6-4-3-5-7-11/h11H,2-10H2,1H3,(H2,14,15,16). The molecule has 2 nitrogen and oxygen atoms in total. The first-order valence-corrected chi connectivity index (χ1v) is 7.19. The van der Waals surface area contributed by atoms with Crippen molar-refractivity contribution in [3.05, 3.63) is 0 Å². The van der Waals surface area contributed by atoms with Crippen LogP contribution in [0.3, 0.4) is 0 Å². The Morgan fingerprint density at radius 1 is 1.25 bits per heavy atom. The highest BCUT2D eigenvalue weighted by Gasteiger charge is 2.40. The average molecular weight is 240 g/mol. The molecule has 2 aliphatic rings. The van der Waals surface area contributed by atoms with Crippen molar-refractivity contribution in [3.8, 4) is 0 Å². The number of rotatable bonds is 4. The summed E-state index contributed by atoms with van der Waals surface area (Å²) in [6.45, 7) is 3.36. The summed E-state index contributed by atoms with van der Waals surface area (Å²) in [6, 6.07) is 0.630. The van der Waals surface area contributed by atoms with E-state index in [1.54, 1.807) is 0 Å². The normalized spacial score (nSPS) is 23.8. The maximum absolute atomic E-state index is 5.36. The zero-order chi connectivity index (χ0) is 11.4. The van der Waals surface area contributed by atoms with Crippen molar-refractivity contribution in [2.75, 3.05) is 6.54 Å². The molecular weight excluding hydrogens is 216 g/mol. The van der Waals surface area contributed by atoms with E-state index in [2.05, 4.69) is 17.6 Å². The number of hydrogen-bond donors (Lipinski definition) is 2. The van der Waals surface area contributed by atoms with Crippen LogP contribution in [0, 0.1) is 5.41 Å². The summed E-state index contributed by atoms with van der Waals surface area (Å²) < 4.78 is 0. The second-order valence-corrected chi connectivity index (χ2v) is 5.92. The predicted molar refractivity (Wildman–Crippen MR) is 72.6 cm³/mol. The SMILES string of the molecule is CCC1(CNC(=S)NC2CCCCC2)CC1. The highest BCUT2D eigenvalue weighted by Crippen LogP contribution is 2.47. The van der Waals surface area contributed by atoms with Crippen molar-refractivity contribution in [1.29, 1.82) is 0 Å². The smallest absolute Gasteiger partial charge is 0.166 e. The zero-order valence-electron chi connectivity index (χ0n) is 10.3. The minimum atomic E-state index is 0.582. The summed E-state index contributed by atoms with van der Waals surface area (Å²) in [6.07, 6.45) is 10.7. The van der Waals surface area contributed by atoms with Gasteiger partial charge in [0.15, 0.2) is 5.11 Å². The molecule has 0 radical (unpaired) electrons. The van der Waals surface area contributed by atoms with Crippen molar-refractivity contribution < 1.29 is 0 Å². The first kappa shape index (κ1) is 12.2. The molecule has 0 heterocycles. The Hall–Kier alpha value is -0.310. The molecule has 0 spiro atoms. The van der Waals surface area contributed by atoms with Gasteiger partial charge in [0.25, 0.3) is 0 Å². The average Bonchev–Trinajstić information content (AvgIpc) is 3.09. The van der Waals surface area contributed by atoms with E-state index in [0.717, 1.165) is 11.7 Å². The number of nitrogens with one attached hydrogen (secondary N) is 2. The summed E-state index contributed by atoms with van der Waals surface area (Å²) in [5.41, 5.74) is 0.582. The third-order valence-corrected chi connectivity index (χ3v) is 4.53. The van der Waals surface area contributed by atoms with Gasteiger partial charge in [-0.3, -0.25) is 0 Å². The van der Waals surface area contributed by atoms with Gasteiger partial charge in [0.1, 0.15) is 0 Å². The summed E-state index contributed by atoms with van der Waals surface area (Å²) >= 11 is 5.36. The Morgan fingerprint density at radius 2 is 1.94 bits per heavy atom. The molecule has 2 fully saturated rings. The lowest BCUT2D eigenvalue weighted by molar-refractivity contribution is 0.408. The lowest BCUT2D eigenvalue weighted by Crippen LogP contribution is -2.44. The van der Waals surface area contributed by atoms with Crippen LogP contribution >= 0.6 is 12.2 Å². The minimum Gasteiger partial charge on any atom is -0.362 e. The first-order chi connectivity index (χ1) is 7.74. The first-order valence-electron chi connectivity index (χ1n) is 6.78. The third kappa shape index (κ3) is 3.34. The maximum Gasteiger partial charge on any atom is 0.166 e. The van der Waals surface area contributed by atoms with Crippen molar-refractivity contribution >= 4 is 17.3 Å². The van der Waals surface area contributed by atoms with Crippen LogP contribution in [0.15, 0.2) is 0 Å². The van der Waals surface area contributed by atoms with E-state index in [-0.39, 0.29) is 0 Å². The highest BCUT2D eigenvalue weighted by atomic mass is 32.1. The van der Waals surface area contributed by atoms with E-state index < -0.39 is 0 Å². The topological polar surface area (TPSA) is 24.1 Å². The van der Waals surface area contributed by atoms with Crippen molar-refractivity contribution in [3.63, 3.8) is 0 Å². The van der Waals surface area contributed by atoms with Crippen molar-refractivity contribution in [2.24, 2.45) is 5.41 Å². The largest absolute Gasteiger partial charge is 0.362 e. The van der Waals surface area contributed by atoms with Gasteiger partial charge < -0.3 is 10.6 Å². The molecule has 0 saturated heterocycles. The molecule has 0 amide bonds. The fourth-order valence-electron chi connectivity index (χ4n) is 2.58. The molecule has 0 unspecified atom stereocenters. The van der Waals surface area contributed by atoms with Crippen LogP contribution in [0.2, 0.25) is 0 Å². The number of hydrogen-bond acceptors (Lipinski definition) is 1. The van der Waals surface area contributed by atoms with Crippen LogP contribution in [-0.2, 0) is 0 Å². The molecule has 2 aliphatic carbocycles. The van der Waals surface area contributed by atoms with Crippen molar-refractivity contribution in [1.82, 2.24) is 10.6 Å².